The maximum absolute atomic E-state index is 12.9. The summed E-state index contributed by atoms with van der Waals surface area (Å²) in [6.45, 7) is 11.2. The molecule has 156 valence electrons. The molecule has 1 aliphatic rings. The minimum Gasteiger partial charge on any atom is -0.331 e. The van der Waals surface area contributed by atoms with Crippen LogP contribution in [0.4, 0.5) is 10.5 Å². The lowest BCUT2D eigenvalue weighted by Crippen LogP contribution is -2.38. The van der Waals surface area contributed by atoms with Gasteiger partial charge < -0.3 is 10.6 Å². The summed E-state index contributed by atoms with van der Waals surface area (Å²) in [6.07, 6.45) is 4.78. The van der Waals surface area contributed by atoms with E-state index >= 15 is 0 Å². The average Bonchev–Trinajstić information content (AvgIpc) is 2.65. The minimum atomic E-state index is -0.123. The number of amides is 2. The van der Waals surface area contributed by atoms with Gasteiger partial charge in [0.2, 0.25) is 0 Å². The Morgan fingerprint density at radius 1 is 0.931 bits per heavy atom. The molecule has 0 heterocycles. The number of benzene rings is 2. The third kappa shape index (κ3) is 5.85. The van der Waals surface area contributed by atoms with E-state index in [0.717, 1.165) is 35.6 Å². The van der Waals surface area contributed by atoms with E-state index in [1.54, 1.807) is 0 Å². The van der Waals surface area contributed by atoms with Gasteiger partial charge in [-0.1, -0.05) is 57.2 Å². The summed E-state index contributed by atoms with van der Waals surface area (Å²) < 4.78 is 0. The van der Waals surface area contributed by atoms with Crippen molar-refractivity contribution >= 4 is 11.7 Å². The van der Waals surface area contributed by atoms with Crippen molar-refractivity contribution in [2.75, 3.05) is 5.32 Å². The lowest BCUT2D eigenvalue weighted by atomic mass is 9.68. The van der Waals surface area contributed by atoms with Gasteiger partial charge in [-0.05, 0) is 85.6 Å². The van der Waals surface area contributed by atoms with Crippen molar-refractivity contribution in [3.8, 4) is 0 Å². The van der Waals surface area contributed by atoms with Crippen LogP contribution in [0.2, 0.25) is 0 Å². The van der Waals surface area contributed by atoms with Crippen molar-refractivity contribution in [2.45, 2.75) is 66.3 Å². The van der Waals surface area contributed by atoms with Crippen LogP contribution in [0, 0.1) is 31.1 Å². The first kappa shape index (κ1) is 21.4. The Morgan fingerprint density at radius 3 is 2.07 bits per heavy atom. The molecule has 0 aliphatic heterocycles. The Hall–Kier alpha value is -2.29. The molecule has 1 unspecified atom stereocenters. The van der Waals surface area contributed by atoms with E-state index < -0.39 is 0 Å². The Balaban J connectivity index is 1.72. The summed E-state index contributed by atoms with van der Waals surface area (Å²) in [7, 11) is 0. The van der Waals surface area contributed by atoms with Crippen molar-refractivity contribution in [1.82, 2.24) is 5.32 Å². The topological polar surface area (TPSA) is 41.1 Å². The first-order valence-electron chi connectivity index (χ1n) is 10.9. The number of carbonyl (C=O) groups excluding carboxylic acids is 1. The van der Waals surface area contributed by atoms with E-state index in [1.165, 1.54) is 18.4 Å². The number of hydrogen-bond donors (Lipinski definition) is 2. The summed E-state index contributed by atoms with van der Waals surface area (Å²) in [5.41, 5.74) is 4.72. The van der Waals surface area contributed by atoms with E-state index in [-0.39, 0.29) is 12.1 Å². The van der Waals surface area contributed by atoms with Crippen LogP contribution in [0.25, 0.3) is 0 Å². The van der Waals surface area contributed by atoms with E-state index in [1.807, 2.05) is 18.2 Å². The molecule has 1 aliphatic carbocycles. The second-order valence-electron chi connectivity index (χ2n) is 9.84. The molecule has 2 N–H and O–H groups in total. The van der Waals surface area contributed by atoms with Crippen LogP contribution in [-0.2, 0) is 0 Å². The largest absolute Gasteiger partial charge is 0.331 e. The van der Waals surface area contributed by atoms with E-state index in [9.17, 15) is 4.79 Å². The molecular weight excluding hydrogens is 356 g/mol. The predicted molar refractivity (Wildman–Crippen MR) is 122 cm³/mol. The van der Waals surface area contributed by atoms with Gasteiger partial charge in [0.25, 0.3) is 0 Å². The number of carbonyl (C=O) groups is 1. The van der Waals surface area contributed by atoms with E-state index in [4.69, 9.17) is 0 Å². The van der Waals surface area contributed by atoms with Gasteiger partial charge in [0.1, 0.15) is 0 Å². The zero-order chi connectivity index (χ0) is 21.0. The van der Waals surface area contributed by atoms with E-state index in [0.29, 0.717) is 11.3 Å². The van der Waals surface area contributed by atoms with Gasteiger partial charge >= 0.3 is 6.03 Å². The van der Waals surface area contributed by atoms with Crippen LogP contribution in [0.15, 0.2) is 48.5 Å². The molecule has 0 saturated heterocycles. The Kier molecular flexibility index (Phi) is 6.66. The lowest BCUT2D eigenvalue weighted by Gasteiger charge is -2.39. The van der Waals surface area contributed by atoms with Crippen molar-refractivity contribution in [3.63, 3.8) is 0 Å². The number of nitrogens with one attached hydrogen (secondary N) is 2. The van der Waals surface area contributed by atoms with Crippen LogP contribution in [0.3, 0.4) is 0 Å². The van der Waals surface area contributed by atoms with Gasteiger partial charge in [-0.2, -0.15) is 0 Å². The summed E-state index contributed by atoms with van der Waals surface area (Å²) >= 11 is 0. The third-order valence-corrected chi connectivity index (χ3v) is 6.39. The number of urea groups is 1. The van der Waals surface area contributed by atoms with Gasteiger partial charge in [-0.25, -0.2) is 4.79 Å². The number of anilines is 1. The number of hydrogen-bond acceptors (Lipinski definition) is 1. The Labute approximate surface area is 176 Å². The molecule has 0 radical (unpaired) electrons. The highest BCUT2D eigenvalue weighted by Gasteiger charge is 2.34. The maximum atomic E-state index is 12.9. The molecule has 1 fully saturated rings. The third-order valence-electron chi connectivity index (χ3n) is 6.39. The SMILES string of the molecule is Cc1cc(C)cc(NC(=O)NC(c2ccccc2)C2CCC(C(C)(C)C)CC2)c1. The van der Waals surface area contributed by atoms with Gasteiger partial charge in [0.15, 0.2) is 0 Å². The highest BCUT2D eigenvalue weighted by molar-refractivity contribution is 5.89. The summed E-state index contributed by atoms with van der Waals surface area (Å²) in [5, 5.41) is 6.34. The van der Waals surface area contributed by atoms with Crippen molar-refractivity contribution in [3.05, 3.63) is 65.2 Å². The lowest BCUT2D eigenvalue weighted by molar-refractivity contribution is 0.134. The molecule has 3 rings (SSSR count). The number of rotatable bonds is 4. The maximum Gasteiger partial charge on any atom is 0.319 e. The quantitative estimate of drug-likeness (QED) is 0.577. The number of aryl methyl sites for hydroxylation is 2. The molecule has 0 spiro atoms. The van der Waals surface area contributed by atoms with Gasteiger partial charge in [0.05, 0.1) is 6.04 Å². The van der Waals surface area contributed by atoms with Gasteiger partial charge in [0, 0.05) is 5.69 Å². The van der Waals surface area contributed by atoms with E-state index in [2.05, 4.69) is 75.6 Å². The van der Waals surface area contributed by atoms with Gasteiger partial charge in [-0.15, -0.1) is 0 Å². The fraction of sp³-hybridized carbons (Fsp3) is 0.500. The Bertz CT molecular complexity index is 794. The molecule has 0 aromatic heterocycles. The zero-order valence-electron chi connectivity index (χ0n) is 18.6. The molecule has 3 nitrogen and oxygen atoms in total. The molecule has 1 atom stereocenters. The first-order chi connectivity index (χ1) is 13.7. The van der Waals surface area contributed by atoms with Crippen molar-refractivity contribution in [1.29, 1.82) is 0 Å². The molecule has 0 bridgehead atoms. The molecule has 2 aromatic rings. The first-order valence-corrected chi connectivity index (χ1v) is 10.9. The molecule has 3 heteroatoms. The molecular formula is C26H36N2O. The second-order valence-corrected chi connectivity index (χ2v) is 9.84. The fourth-order valence-electron chi connectivity index (χ4n) is 4.81. The second kappa shape index (κ2) is 9.02. The van der Waals surface area contributed by atoms with Crippen LogP contribution < -0.4 is 10.6 Å². The minimum absolute atomic E-state index is 0.0445. The molecule has 1 saturated carbocycles. The summed E-state index contributed by atoms with van der Waals surface area (Å²) in [5.74, 6) is 1.24. The van der Waals surface area contributed by atoms with Crippen LogP contribution in [-0.4, -0.2) is 6.03 Å². The van der Waals surface area contributed by atoms with Crippen molar-refractivity contribution < 1.29 is 4.79 Å². The molecule has 2 amide bonds. The van der Waals surface area contributed by atoms with Crippen LogP contribution in [0.5, 0.6) is 0 Å². The summed E-state index contributed by atoms with van der Waals surface area (Å²) in [4.78, 5) is 12.9. The fourth-order valence-corrected chi connectivity index (χ4v) is 4.81. The monoisotopic (exact) mass is 392 g/mol. The molecule has 29 heavy (non-hydrogen) atoms. The highest BCUT2D eigenvalue weighted by atomic mass is 16.2. The Morgan fingerprint density at radius 2 is 1.52 bits per heavy atom. The normalized spacial score (nSPS) is 20.7. The van der Waals surface area contributed by atoms with Crippen LogP contribution in [0.1, 0.15) is 69.2 Å². The van der Waals surface area contributed by atoms with Crippen molar-refractivity contribution in [2.24, 2.45) is 17.3 Å². The average molecular weight is 393 g/mol. The standard InChI is InChI=1S/C26H36N2O/c1-18-15-19(2)17-23(16-18)27-25(29)28-24(20-9-7-6-8-10-20)21-11-13-22(14-12-21)26(3,4)5/h6-10,15-17,21-22,24H,11-14H2,1-5H3,(H2,27,28,29). The summed E-state index contributed by atoms with van der Waals surface area (Å²) in [6, 6.07) is 16.5. The van der Waals surface area contributed by atoms with Crippen LogP contribution >= 0.6 is 0 Å². The van der Waals surface area contributed by atoms with Gasteiger partial charge in [-0.3, -0.25) is 0 Å². The zero-order valence-corrected chi connectivity index (χ0v) is 18.6. The molecule has 2 aromatic carbocycles. The highest BCUT2D eigenvalue weighted by Crippen LogP contribution is 2.43. The predicted octanol–water partition coefficient (Wildman–Crippen LogP) is 7.02. The smallest absolute Gasteiger partial charge is 0.319 e.